The van der Waals surface area contributed by atoms with Crippen molar-refractivity contribution in [2.24, 2.45) is 0 Å². The Morgan fingerprint density at radius 2 is 1.96 bits per heavy atom. The molecular weight excluding hydrogens is 340 g/mol. The number of hydrogen-bond donors (Lipinski definition) is 0. The summed E-state index contributed by atoms with van der Waals surface area (Å²) in [6.07, 6.45) is 0. The van der Waals surface area contributed by atoms with Gasteiger partial charge in [0.2, 0.25) is 0 Å². The first-order chi connectivity index (χ1) is 12.1. The highest BCUT2D eigenvalue weighted by Crippen LogP contribution is 2.25. The molecule has 25 heavy (non-hydrogen) atoms. The van der Waals surface area contributed by atoms with Gasteiger partial charge in [-0.3, -0.25) is 4.79 Å². The Labute approximate surface area is 149 Å². The molecule has 0 aliphatic heterocycles. The summed E-state index contributed by atoms with van der Waals surface area (Å²) < 4.78 is 11.9. The van der Waals surface area contributed by atoms with E-state index in [-0.39, 0.29) is 11.2 Å². The average molecular weight is 358 g/mol. The number of ether oxygens (including phenoxy) is 2. The van der Waals surface area contributed by atoms with Gasteiger partial charge in [0, 0.05) is 5.56 Å². The molecule has 0 fully saturated rings. The minimum Gasteiger partial charge on any atom is -0.497 e. The van der Waals surface area contributed by atoms with E-state index in [1.54, 1.807) is 25.5 Å². The van der Waals surface area contributed by atoms with Crippen LogP contribution in [0.2, 0.25) is 0 Å². The minimum atomic E-state index is -0.342. The third-order valence-electron chi connectivity index (χ3n) is 3.50. The Morgan fingerprint density at radius 1 is 1.20 bits per heavy atom. The smallest absolute Gasteiger partial charge is 0.319 e. The molecule has 0 N–H and O–H groups in total. The molecule has 2 aromatic heterocycles. The lowest BCUT2D eigenvalue weighted by Crippen LogP contribution is -2.17. The monoisotopic (exact) mass is 358 g/mol. The van der Waals surface area contributed by atoms with Crippen molar-refractivity contribution in [1.29, 1.82) is 0 Å². The Morgan fingerprint density at radius 3 is 2.64 bits per heavy atom. The topological polar surface area (TPSA) is 78.6 Å². The number of aromatic nitrogens is 4. The fourth-order valence-electron chi connectivity index (χ4n) is 2.24. The minimum absolute atomic E-state index is 0.256. The average Bonchev–Trinajstić information content (AvgIpc) is 3.05. The highest BCUT2D eigenvalue weighted by Gasteiger charge is 2.17. The first-order valence-electron chi connectivity index (χ1n) is 7.82. The second-order valence-electron chi connectivity index (χ2n) is 5.21. The van der Waals surface area contributed by atoms with Crippen LogP contribution in [0.5, 0.6) is 5.75 Å². The Bertz CT molecular complexity index is 879. The largest absolute Gasteiger partial charge is 0.497 e. The van der Waals surface area contributed by atoms with Crippen LogP contribution in [0.15, 0.2) is 41.4 Å². The van der Waals surface area contributed by atoms with Gasteiger partial charge < -0.3 is 9.47 Å². The van der Waals surface area contributed by atoms with Crippen molar-refractivity contribution in [2.45, 2.75) is 24.1 Å². The molecule has 2 heterocycles. The predicted molar refractivity (Wildman–Crippen MR) is 94.7 cm³/mol. The molecule has 0 unspecified atom stereocenters. The molecule has 3 aromatic rings. The van der Waals surface area contributed by atoms with Crippen molar-refractivity contribution in [3.8, 4) is 17.1 Å². The fraction of sp³-hybridized carbons (Fsp3) is 0.294. The number of benzene rings is 1. The van der Waals surface area contributed by atoms with Crippen LogP contribution < -0.4 is 4.74 Å². The summed E-state index contributed by atoms with van der Waals surface area (Å²) in [7, 11) is 1.62. The van der Waals surface area contributed by atoms with Crippen molar-refractivity contribution < 1.29 is 14.3 Å². The first-order valence-corrected chi connectivity index (χ1v) is 8.70. The fourth-order valence-corrected chi connectivity index (χ4v) is 3.05. The zero-order chi connectivity index (χ0) is 17.8. The molecule has 1 aromatic carbocycles. The van der Waals surface area contributed by atoms with Crippen LogP contribution in [-0.2, 0) is 9.53 Å². The van der Waals surface area contributed by atoms with Gasteiger partial charge in [-0.25, -0.2) is 0 Å². The number of methoxy groups -OCH3 is 1. The number of rotatable bonds is 6. The standard InChI is InChI=1S/C17H18N4O3S/c1-4-24-17(22)11(2)25-15-10-9-14-18-19-16(21(14)20-15)12-5-7-13(23-3)8-6-12/h5-11H,4H2,1-3H3/t11-/m0/s1. The van der Waals surface area contributed by atoms with E-state index in [1.807, 2.05) is 36.4 Å². The van der Waals surface area contributed by atoms with Gasteiger partial charge in [-0.1, -0.05) is 11.8 Å². The molecule has 130 valence electrons. The second-order valence-corrected chi connectivity index (χ2v) is 6.57. The van der Waals surface area contributed by atoms with E-state index in [0.29, 0.717) is 23.1 Å². The third kappa shape index (κ3) is 3.74. The van der Waals surface area contributed by atoms with E-state index in [9.17, 15) is 4.79 Å². The molecule has 0 radical (unpaired) electrons. The van der Waals surface area contributed by atoms with Crippen molar-refractivity contribution >= 4 is 23.4 Å². The van der Waals surface area contributed by atoms with Crippen LogP contribution in [0.25, 0.3) is 17.0 Å². The van der Waals surface area contributed by atoms with Gasteiger partial charge in [0.15, 0.2) is 11.5 Å². The maximum atomic E-state index is 11.8. The summed E-state index contributed by atoms with van der Waals surface area (Å²) in [5.74, 6) is 1.14. The van der Waals surface area contributed by atoms with Crippen LogP contribution in [0.1, 0.15) is 13.8 Å². The molecule has 3 rings (SSSR count). The van der Waals surface area contributed by atoms with Crippen LogP contribution in [0, 0.1) is 0 Å². The number of carbonyl (C=O) groups is 1. The SMILES string of the molecule is CCOC(=O)[C@H](C)Sc1ccc2nnc(-c3ccc(OC)cc3)n2n1. The van der Waals surface area contributed by atoms with E-state index in [2.05, 4.69) is 15.3 Å². The van der Waals surface area contributed by atoms with E-state index in [1.165, 1.54) is 11.8 Å². The Kier molecular flexibility index (Phi) is 5.18. The van der Waals surface area contributed by atoms with Crippen molar-refractivity contribution in [1.82, 2.24) is 19.8 Å². The highest BCUT2D eigenvalue weighted by atomic mass is 32.2. The maximum Gasteiger partial charge on any atom is 0.319 e. The van der Waals surface area contributed by atoms with Crippen LogP contribution in [0.3, 0.4) is 0 Å². The zero-order valence-electron chi connectivity index (χ0n) is 14.2. The van der Waals surface area contributed by atoms with Crippen molar-refractivity contribution in [2.75, 3.05) is 13.7 Å². The van der Waals surface area contributed by atoms with Gasteiger partial charge in [0.25, 0.3) is 0 Å². The van der Waals surface area contributed by atoms with Gasteiger partial charge in [0.05, 0.1) is 13.7 Å². The predicted octanol–water partition coefficient (Wildman–Crippen LogP) is 2.84. The number of thioether (sulfide) groups is 1. The van der Waals surface area contributed by atoms with Crippen LogP contribution >= 0.6 is 11.8 Å². The zero-order valence-corrected chi connectivity index (χ0v) is 15.0. The lowest BCUT2D eigenvalue weighted by molar-refractivity contribution is -0.142. The third-order valence-corrected chi connectivity index (χ3v) is 4.51. The molecule has 8 heteroatoms. The highest BCUT2D eigenvalue weighted by molar-refractivity contribution is 8.00. The van der Waals surface area contributed by atoms with Crippen molar-refractivity contribution in [3.63, 3.8) is 0 Å². The Balaban J connectivity index is 1.90. The van der Waals surface area contributed by atoms with Gasteiger partial charge in [-0.2, -0.15) is 9.61 Å². The summed E-state index contributed by atoms with van der Waals surface area (Å²) in [5.41, 5.74) is 1.51. The summed E-state index contributed by atoms with van der Waals surface area (Å²) in [4.78, 5) is 11.8. The van der Waals surface area contributed by atoms with E-state index >= 15 is 0 Å². The summed E-state index contributed by atoms with van der Waals surface area (Å²) in [6.45, 7) is 3.95. The van der Waals surface area contributed by atoms with Gasteiger partial charge in [-0.15, -0.1) is 10.2 Å². The summed E-state index contributed by atoms with van der Waals surface area (Å²) in [6, 6.07) is 11.2. The van der Waals surface area contributed by atoms with E-state index < -0.39 is 0 Å². The molecule has 7 nitrogen and oxygen atoms in total. The maximum absolute atomic E-state index is 11.8. The molecule has 0 amide bonds. The van der Waals surface area contributed by atoms with E-state index in [0.717, 1.165) is 11.3 Å². The van der Waals surface area contributed by atoms with Crippen LogP contribution in [0.4, 0.5) is 0 Å². The molecule has 0 bridgehead atoms. The summed E-state index contributed by atoms with van der Waals surface area (Å²) in [5, 5.41) is 13.3. The van der Waals surface area contributed by atoms with Gasteiger partial charge in [-0.05, 0) is 50.2 Å². The molecule has 0 saturated heterocycles. The first kappa shape index (κ1) is 17.2. The number of fused-ring (bicyclic) bond motifs is 1. The van der Waals surface area contributed by atoms with E-state index in [4.69, 9.17) is 9.47 Å². The normalized spacial score (nSPS) is 12.1. The number of nitrogens with zero attached hydrogens (tertiary/aromatic N) is 4. The molecule has 0 aliphatic carbocycles. The van der Waals surface area contributed by atoms with Crippen molar-refractivity contribution in [3.05, 3.63) is 36.4 Å². The molecular formula is C17H18N4O3S. The number of hydrogen-bond acceptors (Lipinski definition) is 7. The van der Waals surface area contributed by atoms with Gasteiger partial charge in [0.1, 0.15) is 16.0 Å². The molecule has 1 atom stereocenters. The molecule has 0 aliphatic rings. The van der Waals surface area contributed by atoms with Gasteiger partial charge >= 0.3 is 5.97 Å². The molecule has 0 saturated carbocycles. The Hall–Kier alpha value is -2.61. The summed E-state index contributed by atoms with van der Waals surface area (Å²) >= 11 is 1.34. The number of carbonyl (C=O) groups excluding carboxylic acids is 1. The molecule has 0 spiro atoms. The lowest BCUT2D eigenvalue weighted by Gasteiger charge is -2.09. The lowest BCUT2D eigenvalue weighted by atomic mass is 10.2. The van der Waals surface area contributed by atoms with Crippen LogP contribution in [-0.4, -0.2) is 44.7 Å². The quantitative estimate of drug-likeness (QED) is 0.495. The number of esters is 1. The second kappa shape index (κ2) is 7.52.